The molecule has 2 aromatic heterocycles. The second-order valence-corrected chi connectivity index (χ2v) is 6.41. The minimum Gasteiger partial charge on any atom is -0.367 e. The van der Waals surface area contributed by atoms with Crippen molar-refractivity contribution in [3.05, 3.63) is 50.1 Å². The molecule has 0 bridgehead atoms. The maximum absolute atomic E-state index is 11.9. The van der Waals surface area contributed by atoms with Crippen LogP contribution in [-0.4, -0.2) is 45.7 Å². The standard InChI is InChI=1S/C16H17ClN6O2/c1-21-13-12(14(24)20-16(21)25)18-15(19-13)23-8-6-22(7-9-23)11-5-3-2-4-10(11)17/h2-5H,6-9H2,1H3,(H,18,19)(H,20,24,25). The SMILES string of the molecule is Cn1c(=O)[nH]c(=O)c2[nH]c(N3CCN(c4ccccc4Cl)CC3)nc21. The van der Waals surface area contributed by atoms with E-state index in [0.717, 1.165) is 36.9 Å². The number of aryl methyl sites for hydroxylation is 1. The van der Waals surface area contributed by atoms with Gasteiger partial charge in [-0.25, -0.2) is 4.79 Å². The molecule has 130 valence electrons. The molecule has 2 N–H and O–H groups in total. The molecule has 0 atom stereocenters. The second-order valence-electron chi connectivity index (χ2n) is 6.00. The first kappa shape index (κ1) is 15.8. The highest BCUT2D eigenvalue weighted by Crippen LogP contribution is 2.26. The topological polar surface area (TPSA) is 90.0 Å². The molecule has 0 saturated carbocycles. The molecule has 4 rings (SSSR count). The van der Waals surface area contributed by atoms with Gasteiger partial charge in [-0.15, -0.1) is 0 Å². The highest BCUT2D eigenvalue weighted by Gasteiger charge is 2.22. The molecule has 0 radical (unpaired) electrons. The lowest BCUT2D eigenvalue weighted by molar-refractivity contribution is 0.643. The van der Waals surface area contributed by atoms with Crippen molar-refractivity contribution in [3.8, 4) is 0 Å². The zero-order valence-electron chi connectivity index (χ0n) is 13.6. The quantitative estimate of drug-likeness (QED) is 0.709. The Morgan fingerprint density at radius 1 is 1.04 bits per heavy atom. The first-order valence-electron chi connectivity index (χ1n) is 7.98. The van der Waals surface area contributed by atoms with Crippen molar-refractivity contribution < 1.29 is 0 Å². The molecule has 1 saturated heterocycles. The van der Waals surface area contributed by atoms with Gasteiger partial charge in [-0.3, -0.25) is 14.3 Å². The Morgan fingerprint density at radius 2 is 1.72 bits per heavy atom. The van der Waals surface area contributed by atoms with Gasteiger partial charge >= 0.3 is 5.69 Å². The number of halogens is 1. The Bertz CT molecular complexity index is 1040. The highest BCUT2D eigenvalue weighted by atomic mass is 35.5. The predicted molar refractivity (Wildman–Crippen MR) is 97.8 cm³/mol. The number of para-hydroxylation sites is 1. The summed E-state index contributed by atoms with van der Waals surface area (Å²) in [5.41, 5.74) is 0.765. The number of benzene rings is 1. The van der Waals surface area contributed by atoms with E-state index >= 15 is 0 Å². The number of rotatable bonds is 2. The molecule has 0 spiro atoms. The van der Waals surface area contributed by atoms with E-state index < -0.39 is 11.2 Å². The van der Waals surface area contributed by atoms with E-state index in [-0.39, 0.29) is 0 Å². The van der Waals surface area contributed by atoms with Crippen LogP contribution in [0.1, 0.15) is 0 Å². The van der Waals surface area contributed by atoms with Gasteiger partial charge in [0.25, 0.3) is 5.56 Å². The molecule has 1 aromatic carbocycles. The molecule has 9 heteroatoms. The van der Waals surface area contributed by atoms with Crippen molar-refractivity contribution in [1.29, 1.82) is 0 Å². The van der Waals surface area contributed by atoms with Gasteiger partial charge in [0.05, 0.1) is 10.7 Å². The van der Waals surface area contributed by atoms with Gasteiger partial charge in [0.2, 0.25) is 5.95 Å². The Balaban J connectivity index is 1.59. The summed E-state index contributed by atoms with van der Waals surface area (Å²) in [5.74, 6) is 0.598. The number of nitrogens with zero attached hydrogens (tertiary/aromatic N) is 4. The lowest BCUT2D eigenvalue weighted by Crippen LogP contribution is -2.47. The first-order valence-corrected chi connectivity index (χ1v) is 8.36. The van der Waals surface area contributed by atoms with Gasteiger partial charge < -0.3 is 14.8 Å². The second kappa shape index (κ2) is 5.96. The predicted octanol–water partition coefficient (Wildman–Crippen LogP) is 0.930. The minimum atomic E-state index is -0.473. The van der Waals surface area contributed by atoms with Crippen molar-refractivity contribution >= 4 is 34.4 Å². The van der Waals surface area contributed by atoms with Crippen LogP contribution < -0.4 is 21.0 Å². The fourth-order valence-corrected chi connectivity index (χ4v) is 3.36. The Hall–Kier alpha value is -2.74. The number of aromatic amines is 2. The zero-order chi connectivity index (χ0) is 17.6. The first-order chi connectivity index (χ1) is 12.0. The van der Waals surface area contributed by atoms with E-state index in [0.29, 0.717) is 17.1 Å². The van der Waals surface area contributed by atoms with E-state index in [9.17, 15) is 9.59 Å². The lowest BCUT2D eigenvalue weighted by atomic mass is 10.2. The number of hydrogen-bond acceptors (Lipinski definition) is 5. The van der Waals surface area contributed by atoms with Crippen LogP contribution in [0.5, 0.6) is 0 Å². The van der Waals surface area contributed by atoms with Gasteiger partial charge in [-0.2, -0.15) is 4.98 Å². The molecule has 1 aliphatic heterocycles. The van der Waals surface area contributed by atoms with Crippen molar-refractivity contribution in [3.63, 3.8) is 0 Å². The smallest absolute Gasteiger partial charge is 0.329 e. The Kier molecular flexibility index (Phi) is 3.76. The number of aromatic nitrogens is 4. The van der Waals surface area contributed by atoms with Crippen LogP contribution in [0.25, 0.3) is 11.2 Å². The summed E-state index contributed by atoms with van der Waals surface area (Å²) in [7, 11) is 1.58. The minimum absolute atomic E-state index is 0.311. The van der Waals surface area contributed by atoms with Gasteiger partial charge in [0.1, 0.15) is 0 Å². The summed E-state index contributed by atoms with van der Waals surface area (Å²) in [6.07, 6.45) is 0. The third-order valence-electron chi connectivity index (χ3n) is 4.51. The number of piperazine rings is 1. The van der Waals surface area contributed by atoms with E-state index in [1.165, 1.54) is 4.57 Å². The fraction of sp³-hybridized carbons (Fsp3) is 0.312. The fourth-order valence-electron chi connectivity index (χ4n) is 3.11. The van der Waals surface area contributed by atoms with Crippen molar-refractivity contribution in [2.75, 3.05) is 36.0 Å². The van der Waals surface area contributed by atoms with Crippen LogP contribution >= 0.6 is 11.6 Å². The molecule has 1 fully saturated rings. The summed E-state index contributed by atoms with van der Waals surface area (Å²) >= 11 is 6.27. The summed E-state index contributed by atoms with van der Waals surface area (Å²) in [4.78, 5) is 37.7. The maximum Gasteiger partial charge on any atom is 0.329 e. The van der Waals surface area contributed by atoms with Crippen molar-refractivity contribution in [2.45, 2.75) is 0 Å². The number of imidazole rings is 1. The van der Waals surface area contributed by atoms with Gasteiger partial charge in [0.15, 0.2) is 11.2 Å². The van der Waals surface area contributed by atoms with Crippen LogP contribution in [0.2, 0.25) is 5.02 Å². The summed E-state index contributed by atoms with van der Waals surface area (Å²) in [5, 5.41) is 0.737. The average molecular weight is 361 g/mol. The molecule has 8 nitrogen and oxygen atoms in total. The van der Waals surface area contributed by atoms with E-state index in [4.69, 9.17) is 11.6 Å². The Morgan fingerprint density at radius 3 is 2.44 bits per heavy atom. The monoisotopic (exact) mass is 360 g/mol. The molecule has 1 aliphatic rings. The zero-order valence-corrected chi connectivity index (χ0v) is 14.4. The van der Waals surface area contributed by atoms with Crippen LogP contribution in [0.3, 0.4) is 0 Å². The van der Waals surface area contributed by atoms with Crippen molar-refractivity contribution in [2.24, 2.45) is 7.05 Å². The molecule has 3 aromatic rings. The van der Waals surface area contributed by atoms with Gasteiger partial charge in [0, 0.05) is 33.2 Å². The third kappa shape index (κ3) is 2.68. The van der Waals surface area contributed by atoms with Gasteiger partial charge in [-0.05, 0) is 12.1 Å². The number of H-pyrrole nitrogens is 2. The molecule has 0 aliphatic carbocycles. The maximum atomic E-state index is 11.9. The number of nitrogens with one attached hydrogen (secondary N) is 2. The van der Waals surface area contributed by atoms with E-state index in [2.05, 4.69) is 24.8 Å². The number of anilines is 2. The van der Waals surface area contributed by atoms with Crippen LogP contribution in [0, 0.1) is 0 Å². The largest absolute Gasteiger partial charge is 0.367 e. The molecule has 25 heavy (non-hydrogen) atoms. The Labute approximate surface area is 147 Å². The normalized spacial score (nSPS) is 15.1. The number of hydrogen-bond donors (Lipinski definition) is 2. The van der Waals surface area contributed by atoms with E-state index in [1.807, 2.05) is 24.3 Å². The summed E-state index contributed by atoms with van der Waals surface area (Å²) in [6, 6.07) is 7.78. The van der Waals surface area contributed by atoms with Gasteiger partial charge in [-0.1, -0.05) is 23.7 Å². The molecule has 0 unspecified atom stereocenters. The molecular formula is C16H17ClN6O2. The lowest BCUT2D eigenvalue weighted by Gasteiger charge is -2.36. The van der Waals surface area contributed by atoms with E-state index in [1.54, 1.807) is 7.05 Å². The third-order valence-corrected chi connectivity index (χ3v) is 4.83. The summed E-state index contributed by atoms with van der Waals surface area (Å²) in [6.45, 7) is 3.04. The molecule has 0 amide bonds. The molecule has 3 heterocycles. The van der Waals surface area contributed by atoms with Crippen LogP contribution in [0.4, 0.5) is 11.6 Å². The summed E-state index contributed by atoms with van der Waals surface area (Å²) < 4.78 is 1.33. The van der Waals surface area contributed by atoms with Crippen LogP contribution in [-0.2, 0) is 7.05 Å². The number of fused-ring (bicyclic) bond motifs is 1. The molecular weight excluding hydrogens is 344 g/mol. The average Bonchev–Trinajstić information content (AvgIpc) is 3.07. The van der Waals surface area contributed by atoms with Crippen molar-refractivity contribution in [1.82, 2.24) is 19.5 Å². The van der Waals surface area contributed by atoms with Crippen LogP contribution in [0.15, 0.2) is 33.9 Å². The highest BCUT2D eigenvalue weighted by molar-refractivity contribution is 6.33.